The Morgan fingerprint density at radius 3 is 2.37 bits per heavy atom. The zero-order valence-corrected chi connectivity index (χ0v) is 13.2. The van der Waals surface area contributed by atoms with Gasteiger partial charge >= 0.3 is 0 Å². The second-order valence-electron chi connectivity index (χ2n) is 6.57. The maximum absolute atomic E-state index is 5.82. The predicted octanol–water partition coefficient (Wildman–Crippen LogP) is 3.09. The average Bonchev–Trinajstić information content (AvgIpc) is 2.34. The molecule has 0 bridgehead atoms. The van der Waals surface area contributed by atoms with Crippen molar-refractivity contribution < 1.29 is 0 Å². The Morgan fingerprint density at radius 2 is 1.84 bits per heavy atom. The molecule has 3 N–H and O–H groups in total. The average molecular weight is 262 g/mol. The third kappa shape index (κ3) is 4.63. The minimum Gasteiger partial charge on any atom is -0.330 e. The van der Waals surface area contributed by atoms with E-state index in [9.17, 15) is 0 Å². The SMILES string of the molecule is Cc1ccccc1C(C)(C)CNCC(CN)C(C)C. The molecule has 0 saturated heterocycles. The Balaban J connectivity index is 2.59. The molecule has 0 aliphatic heterocycles. The summed E-state index contributed by atoms with van der Waals surface area (Å²) in [5.41, 5.74) is 8.77. The van der Waals surface area contributed by atoms with Crippen LogP contribution in [0.25, 0.3) is 0 Å². The molecule has 0 aliphatic rings. The molecule has 0 saturated carbocycles. The second kappa shape index (κ2) is 7.06. The predicted molar refractivity (Wildman–Crippen MR) is 84.5 cm³/mol. The first-order chi connectivity index (χ1) is 8.88. The van der Waals surface area contributed by atoms with Gasteiger partial charge in [0.05, 0.1) is 0 Å². The van der Waals surface area contributed by atoms with Crippen molar-refractivity contribution in [2.45, 2.75) is 40.0 Å². The molecule has 1 aromatic rings. The van der Waals surface area contributed by atoms with Gasteiger partial charge in [-0.15, -0.1) is 0 Å². The number of hydrogen-bond acceptors (Lipinski definition) is 2. The molecule has 0 aromatic heterocycles. The third-order valence-electron chi connectivity index (χ3n) is 4.09. The molecule has 108 valence electrons. The Bertz CT molecular complexity index is 383. The van der Waals surface area contributed by atoms with Crippen LogP contribution in [0.4, 0.5) is 0 Å². The standard InChI is InChI=1S/C17H30N2/c1-13(2)15(10-18)11-19-12-17(4,5)16-9-7-6-8-14(16)3/h6-9,13,15,19H,10-12,18H2,1-5H3. The van der Waals surface area contributed by atoms with Crippen LogP contribution in [0.3, 0.4) is 0 Å². The zero-order chi connectivity index (χ0) is 14.5. The van der Waals surface area contributed by atoms with E-state index in [0.29, 0.717) is 11.8 Å². The lowest BCUT2D eigenvalue weighted by molar-refractivity contribution is 0.351. The van der Waals surface area contributed by atoms with Crippen molar-refractivity contribution in [2.75, 3.05) is 19.6 Å². The van der Waals surface area contributed by atoms with E-state index in [-0.39, 0.29) is 5.41 Å². The molecule has 2 heteroatoms. The minimum absolute atomic E-state index is 0.154. The van der Waals surface area contributed by atoms with Gasteiger partial charge in [0, 0.05) is 12.0 Å². The summed E-state index contributed by atoms with van der Waals surface area (Å²) in [4.78, 5) is 0. The van der Waals surface area contributed by atoms with Crippen molar-refractivity contribution in [3.05, 3.63) is 35.4 Å². The van der Waals surface area contributed by atoms with Crippen LogP contribution < -0.4 is 11.1 Å². The quantitative estimate of drug-likeness (QED) is 0.792. The maximum Gasteiger partial charge on any atom is 0.00434 e. The van der Waals surface area contributed by atoms with E-state index in [2.05, 4.69) is 64.2 Å². The highest BCUT2D eigenvalue weighted by Gasteiger charge is 2.22. The Kier molecular flexibility index (Phi) is 6.02. The van der Waals surface area contributed by atoms with Crippen LogP contribution in [0.2, 0.25) is 0 Å². The van der Waals surface area contributed by atoms with Crippen molar-refractivity contribution in [1.82, 2.24) is 5.32 Å². The van der Waals surface area contributed by atoms with Gasteiger partial charge < -0.3 is 11.1 Å². The van der Waals surface area contributed by atoms with Crippen LogP contribution in [-0.2, 0) is 5.41 Å². The zero-order valence-electron chi connectivity index (χ0n) is 13.2. The summed E-state index contributed by atoms with van der Waals surface area (Å²) in [5, 5.41) is 3.60. The summed E-state index contributed by atoms with van der Waals surface area (Å²) in [6.45, 7) is 14.0. The summed E-state index contributed by atoms with van der Waals surface area (Å²) in [6.07, 6.45) is 0. The fourth-order valence-electron chi connectivity index (χ4n) is 2.59. The molecule has 0 fully saturated rings. The van der Waals surface area contributed by atoms with Crippen molar-refractivity contribution in [3.8, 4) is 0 Å². The molecule has 0 heterocycles. The number of aryl methyl sites for hydroxylation is 1. The number of nitrogens with two attached hydrogens (primary N) is 1. The Morgan fingerprint density at radius 1 is 1.21 bits per heavy atom. The van der Waals surface area contributed by atoms with E-state index in [1.165, 1.54) is 11.1 Å². The largest absolute Gasteiger partial charge is 0.330 e. The molecule has 0 radical (unpaired) electrons. The van der Waals surface area contributed by atoms with E-state index in [0.717, 1.165) is 19.6 Å². The molecule has 2 nitrogen and oxygen atoms in total. The topological polar surface area (TPSA) is 38.0 Å². The first-order valence-corrected chi connectivity index (χ1v) is 7.35. The summed E-state index contributed by atoms with van der Waals surface area (Å²) in [7, 11) is 0. The van der Waals surface area contributed by atoms with Crippen molar-refractivity contribution in [2.24, 2.45) is 17.6 Å². The van der Waals surface area contributed by atoms with E-state index in [4.69, 9.17) is 5.73 Å². The highest BCUT2D eigenvalue weighted by atomic mass is 14.9. The molecule has 19 heavy (non-hydrogen) atoms. The first-order valence-electron chi connectivity index (χ1n) is 7.35. The third-order valence-corrected chi connectivity index (χ3v) is 4.09. The molecule has 1 atom stereocenters. The molecule has 0 spiro atoms. The summed E-state index contributed by atoms with van der Waals surface area (Å²) >= 11 is 0. The van der Waals surface area contributed by atoms with Crippen LogP contribution in [-0.4, -0.2) is 19.6 Å². The van der Waals surface area contributed by atoms with Gasteiger partial charge in [-0.1, -0.05) is 52.0 Å². The van der Waals surface area contributed by atoms with Gasteiger partial charge in [0.15, 0.2) is 0 Å². The lowest BCUT2D eigenvalue weighted by Gasteiger charge is -2.29. The van der Waals surface area contributed by atoms with Gasteiger partial charge in [-0.3, -0.25) is 0 Å². The van der Waals surface area contributed by atoms with E-state index < -0.39 is 0 Å². The highest BCUT2D eigenvalue weighted by molar-refractivity contribution is 5.32. The smallest absolute Gasteiger partial charge is 0.00434 e. The second-order valence-corrected chi connectivity index (χ2v) is 6.57. The van der Waals surface area contributed by atoms with Gasteiger partial charge in [-0.2, -0.15) is 0 Å². The van der Waals surface area contributed by atoms with E-state index in [1.807, 2.05) is 0 Å². The summed E-state index contributed by atoms with van der Waals surface area (Å²) in [6, 6.07) is 8.65. The van der Waals surface area contributed by atoms with E-state index in [1.54, 1.807) is 0 Å². The van der Waals surface area contributed by atoms with Crippen LogP contribution in [0.5, 0.6) is 0 Å². The fraction of sp³-hybridized carbons (Fsp3) is 0.647. The van der Waals surface area contributed by atoms with Gasteiger partial charge in [0.2, 0.25) is 0 Å². The monoisotopic (exact) mass is 262 g/mol. The number of hydrogen-bond donors (Lipinski definition) is 2. The summed E-state index contributed by atoms with van der Waals surface area (Å²) in [5.74, 6) is 1.20. The Labute approximate surface area is 118 Å². The van der Waals surface area contributed by atoms with Crippen LogP contribution in [0.1, 0.15) is 38.8 Å². The molecule has 0 aliphatic carbocycles. The van der Waals surface area contributed by atoms with Gasteiger partial charge in [-0.25, -0.2) is 0 Å². The molecular formula is C17H30N2. The molecule has 0 amide bonds. The highest BCUT2D eigenvalue weighted by Crippen LogP contribution is 2.25. The van der Waals surface area contributed by atoms with Crippen LogP contribution >= 0.6 is 0 Å². The van der Waals surface area contributed by atoms with Crippen molar-refractivity contribution in [3.63, 3.8) is 0 Å². The number of benzene rings is 1. The normalized spacial score (nSPS) is 13.8. The lowest BCUT2D eigenvalue weighted by Crippen LogP contribution is -2.39. The lowest BCUT2D eigenvalue weighted by atomic mass is 9.82. The van der Waals surface area contributed by atoms with Crippen molar-refractivity contribution in [1.29, 1.82) is 0 Å². The van der Waals surface area contributed by atoms with Gasteiger partial charge in [0.25, 0.3) is 0 Å². The minimum atomic E-state index is 0.154. The van der Waals surface area contributed by atoms with Crippen LogP contribution in [0.15, 0.2) is 24.3 Å². The van der Waals surface area contributed by atoms with Crippen molar-refractivity contribution >= 4 is 0 Å². The molecular weight excluding hydrogens is 232 g/mol. The molecule has 1 unspecified atom stereocenters. The molecule has 1 aromatic carbocycles. The van der Waals surface area contributed by atoms with E-state index >= 15 is 0 Å². The van der Waals surface area contributed by atoms with Crippen LogP contribution in [0, 0.1) is 18.8 Å². The first kappa shape index (κ1) is 16.2. The number of rotatable bonds is 7. The Hall–Kier alpha value is -0.860. The summed E-state index contributed by atoms with van der Waals surface area (Å²) < 4.78 is 0. The maximum atomic E-state index is 5.82. The number of nitrogens with one attached hydrogen (secondary N) is 1. The van der Waals surface area contributed by atoms with Gasteiger partial charge in [-0.05, 0) is 43.0 Å². The molecule has 1 rings (SSSR count). The van der Waals surface area contributed by atoms with Gasteiger partial charge in [0.1, 0.15) is 0 Å². The fourth-order valence-corrected chi connectivity index (χ4v) is 2.59.